The van der Waals surface area contributed by atoms with E-state index in [9.17, 15) is 13.2 Å². The van der Waals surface area contributed by atoms with Crippen molar-refractivity contribution >= 4 is 44.2 Å². The molecular formula is C23H25ClN2O4S. The first-order valence-electron chi connectivity index (χ1n) is 10.4. The van der Waals surface area contributed by atoms with E-state index >= 15 is 0 Å². The Balaban J connectivity index is 1.80. The molecule has 0 bridgehead atoms. The smallest absolute Gasteiger partial charge is 0.309 e. The molecule has 0 saturated carbocycles. The van der Waals surface area contributed by atoms with Gasteiger partial charge in [0.1, 0.15) is 4.75 Å². The van der Waals surface area contributed by atoms with Crippen molar-refractivity contribution in [2.75, 3.05) is 6.61 Å². The number of hydrogen-bond acceptors (Lipinski definition) is 5. The van der Waals surface area contributed by atoms with Crippen LogP contribution in [0.4, 0.5) is 0 Å². The van der Waals surface area contributed by atoms with Crippen LogP contribution in [0.2, 0.25) is 0 Å². The Hall–Kier alpha value is -2.38. The van der Waals surface area contributed by atoms with Gasteiger partial charge in [0, 0.05) is 16.6 Å². The highest BCUT2D eigenvalue weighted by Crippen LogP contribution is 2.38. The highest BCUT2D eigenvalue weighted by atomic mass is 35.5. The van der Waals surface area contributed by atoms with Crippen LogP contribution in [0, 0.1) is 5.92 Å². The summed E-state index contributed by atoms with van der Waals surface area (Å²) in [6, 6.07) is 5.52. The van der Waals surface area contributed by atoms with E-state index in [0.717, 1.165) is 11.0 Å². The van der Waals surface area contributed by atoms with Gasteiger partial charge < -0.3 is 4.74 Å². The van der Waals surface area contributed by atoms with E-state index in [1.807, 2.05) is 18.2 Å². The van der Waals surface area contributed by atoms with E-state index in [4.69, 9.17) is 16.3 Å². The Bertz CT molecular complexity index is 1230. The van der Waals surface area contributed by atoms with Crippen LogP contribution in [0.15, 0.2) is 53.7 Å². The molecule has 0 amide bonds. The highest BCUT2D eigenvalue weighted by molar-refractivity contribution is 7.91. The van der Waals surface area contributed by atoms with Crippen LogP contribution >= 0.6 is 11.6 Å². The molecule has 0 fully saturated rings. The van der Waals surface area contributed by atoms with E-state index in [0.29, 0.717) is 42.2 Å². The molecule has 2 aromatic heterocycles. The number of esters is 1. The fraction of sp³-hybridized carbons (Fsp3) is 0.391. The zero-order valence-electron chi connectivity index (χ0n) is 17.5. The van der Waals surface area contributed by atoms with Gasteiger partial charge >= 0.3 is 5.97 Å². The van der Waals surface area contributed by atoms with E-state index < -0.39 is 14.8 Å². The van der Waals surface area contributed by atoms with Gasteiger partial charge in [-0.25, -0.2) is 17.4 Å². The maximum absolute atomic E-state index is 13.9. The van der Waals surface area contributed by atoms with Crippen LogP contribution in [0.1, 0.15) is 45.2 Å². The normalized spacial score (nSPS) is 24.0. The largest absolute Gasteiger partial charge is 0.466 e. The molecule has 0 saturated heterocycles. The molecule has 164 valence electrons. The third kappa shape index (κ3) is 3.85. The van der Waals surface area contributed by atoms with Crippen molar-refractivity contribution < 1.29 is 17.9 Å². The number of rotatable bonds is 5. The minimum Gasteiger partial charge on any atom is -0.466 e. The van der Waals surface area contributed by atoms with Gasteiger partial charge in [-0.05, 0) is 69.4 Å². The Kier molecular flexibility index (Phi) is 5.83. The number of fused-ring (bicyclic) bond motifs is 1. The molecule has 0 aliphatic heterocycles. The quantitative estimate of drug-likeness (QED) is 0.599. The van der Waals surface area contributed by atoms with Crippen molar-refractivity contribution in [2.45, 2.75) is 44.3 Å². The number of halogens is 1. The number of ether oxygens (including phenoxy) is 1. The van der Waals surface area contributed by atoms with Crippen molar-refractivity contribution in [1.29, 1.82) is 0 Å². The average Bonchev–Trinajstić information content (AvgIpc) is 3.16. The fourth-order valence-corrected chi connectivity index (χ4v) is 6.01. The van der Waals surface area contributed by atoms with Gasteiger partial charge in [-0.3, -0.25) is 4.79 Å². The molecule has 8 heteroatoms. The number of carbonyl (C=O) groups excluding carboxylic acids is 1. The maximum Gasteiger partial charge on any atom is 0.309 e. The molecule has 2 aliphatic carbocycles. The lowest BCUT2D eigenvalue weighted by atomic mass is 9.88. The second kappa shape index (κ2) is 8.28. The first-order chi connectivity index (χ1) is 14.8. The Morgan fingerprint density at radius 3 is 2.84 bits per heavy atom. The summed E-state index contributed by atoms with van der Waals surface area (Å²) in [7, 11) is -3.86. The molecule has 0 N–H and O–H groups in total. The lowest BCUT2D eigenvalue weighted by Crippen LogP contribution is -2.39. The molecule has 2 aliphatic rings. The molecule has 6 nitrogen and oxygen atoms in total. The molecule has 0 aromatic carbocycles. The van der Waals surface area contributed by atoms with Crippen molar-refractivity contribution in [1.82, 2.24) is 8.96 Å². The number of nitrogens with zero attached hydrogens (tertiary/aromatic N) is 2. The van der Waals surface area contributed by atoms with E-state index in [-0.39, 0.29) is 18.3 Å². The summed E-state index contributed by atoms with van der Waals surface area (Å²) in [4.78, 5) is 16.5. The summed E-state index contributed by atoms with van der Waals surface area (Å²) < 4.78 is 33.2. The molecule has 2 aromatic rings. The second-order valence-corrected chi connectivity index (χ2v) is 10.8. The zero-order valence-corrected chi connectivity index (χ0v) is 19.1. The van der Waals surface area contributed by atoms with E-state index in [2.05, 4.69) is 4.98 Å². The SMILES string of the molecule is CCOC(=O)C1CC=C(c2cc3cccnc3n2S(=O)(=O)C2(C)C=CC(Cl)=CC2)CC1. The Morgan fingerprint density at radius 1 is 1.39 bits per heavy atom. The van der Waals surface area contributed by atoms with Crippen LogP contribution in [-0.2, 0) is 19.6 Å². The minimum absolute atomic E-state index is 0.192. The molecule has 2 unspecified atom stereocenters. The van der Waals surface area contributed by atoms with Crippen LogP contribution in [-0.4, -0.2) is 34.7 Å². The number of carbonyl (C=O) groups is 1. The topological polar surface area (TPSA) is 78.3 Å². The predicted molar refractivity (Wildman–Crippen MR) is 122 cm³/mol. The molecule has 2 atom stereocenters. The lowest BCUT2D eigenvalue weighted by Gasteiger charge is -2.29. The maximum atomic E-state index is 13.9. The van der Waals surface area contributed by atoms with Crippen LogP contribution in [0.5, 0.6) is 0 Å². The van der Waals surface area contributed by atoms with Crippen LogP contribution < -0.4 is 0 Å². The van der Waals surface area contributed by atoms with Gasteiger partial charge in [-0.1, -0.05) is 29.8 Å². The standard InChI is InChI=1S/C23H25ClN2O4S/c1-3-30-22(27)17-8-6-16(7-9-17)20-15-18-5-4-14-25-21(18)26(20)31(28,29)23(2)12-10-19(24)11-13-23/h4-6,10-12,14-15,17H,3,7-9,13H2,1-2H3. The average molecular weight is 461 g/mol. The van der Waals surface area contributed by atoms with Crippen LogP contribution in [0.25, 0.3) is 16.6 Å². The number of pyridine rings is 1. The van der Waals surface area contributed by atoms with E-state index in [1.54, 1.807) is 44.3 Å². The molecular weight excluding hydrogens is 436 g/mol. The summed E-state index contributed by atoms with van der Waals surface area (Å²) in [6.45, 7) is 3.85. The van der Waals surface area contributed by atoms with Crippen molar-refractivity contribution in [3.05, 3.63) is 59.4 Å². The third-order valence-corrected chi connectivity index (χ3v) is 8.62. The summed E-state index contributed by atoms with van der Waals surface area (Å²) in [5.41, 5.74) is 1.91. The predicted octanol–water partition coefficient (Wildman–Crippen LogP) is 4.80. The Morgan fingerprint density at radius 2 is 2.19 bits per heavy atom. The Labute approximate surface area is 187 Å². The molecule has 0 radical (unpaired) electrons. The van der Waals surface area contributed by atoms with Crippen molar-refractivity contribution in [3.8, 4) is 0 Å². The zero-order chi connectivity index (χ0) is 22.2. The number of aromatic nitrogens is 2. The summed E-state index contributed by atoms with van der Waals surface area (Å²) in [5.74, 6) is -0.390. The number of allylic oxidation sites excluding steroid dienone is 5. The summed E-state index contributed by atoms with van der Waals surface area (Å²) in [6.07, 6.45) is 10.6. The summed E-state index contributed by atoms with van der Waals surface area (Å²) >= 11 is 6.04. The first-order valence-corrected chi connectivity index (χ1v) is 12.2. The number of hydrogen-bond donors (Lipinski definition) is 0. The lowest BCUT2D eigenvalue weighted by molar-refractivity contribution is -0.148. The van der Waals surface area contributed by atoms with Gasteiger partial charge in [0.25, 0.3) is 0 Å². The van der Waals surface area contributed by atoms with Crippen LogP contribution in [0.3, 0.4) is 0 Å². The first kappa shape index (κ1) is 21.8. The minimum atomic E-state index is -3.86. The van der Waals surface area contributed by atoms with Gasteiger partial charge in [0.05, 0.1) is 18.2 Å². The third-order valence-electron chi connectivity index (χ3n) is 6.01. The van der Waals surface area contributed by atoms with E-state index in [1.165, 1.54) is 3.97 Å². The molecule has 2 heterocycles. The van der Waals surface area contributed by atoms with Gasteiger partial charge in [0.15, 0.2) is 5.65 Å². The van der Waals surface area contributed by atoms with Gasteiger partial charge in [0.2, 0.25) is 10.0 Å². The summed E-state index contributed by atoms with van der Waals surface area (Å²) in [5, 5.41) is 1.29. The highest BCUT2D eigenvalue weighted by Gasteiger charge is 2.41. The molecule has 0 spiro atoms. The second-order valence-electron chi connectivity index (χ2n) is 8.11. The fourth-order valence-electron chi connectivity index (χ4n) is 4.11. The molecule has 4 rings (SSSR count). The monoisotopic (exact) mass is 460 g/mol. The van der Waals surface area contributed by atoms with Gasteiger partial charge in [-0.2, -0.15) is 0 Å². The van der Waals surface area contributed by atoms with Crippen molar-refractivity contribution in [2.24, 2.45) is 5.92 Å². The van der Waals surface area contributed by atoms with Gasteiger partial charge in [-0.15, -0.1) is 0 Å². The van der Waals surface area contributed by atoms with Crippen molar-refractivity contribution in [3.63, 3.8) is 0 Å². The molecule has 31 heavy (non-hydrogen) atoms.